The summed E-state index contributed by atoms with van der Waals surface area (Å²) in [5, 5.41) is 3.48. The van der Waals surface area contributed by atoms with Crippen LogP contribution in [0.5, 0.6) is 0 Å². The smallest absolute Gasteiger partial charge is 0.248 e. The lowest BCUT2D eigenvalue weighted by molar-refractivity contribution is 0.1000. The van der Waals surface area contributed by atoms with Crippen LogP contribution >= 0.6 is 0 Å². The maximum atomic E-state index is 11.1. The van der Waals surface area contributed by atoms with Gasteiger partial charge in [0.1, 0.15) is 0 Å². The van der Waals surface area contributed by atoms with Crippen LogP contribution in [0.4, 0.5) is 0 Å². The second-order valence-electron chi connectivity index (χ2n) is 6.40. The number of hydrogen-bond donors (Lipinski definition) is 2. The van der Waals surface area contributed by atoms with Gasteiger partial charge >= 0.3 is 0 Å². The fourth-order valence-corrected chi connectivity index (χ4v) is 1.78. The minimum atomic E-state index is -0.371. The van der Waals surface area contributed by atoms with Gasteiger partial charge in [-0.1, -0.05) is 33.8 Å². The van der Waals surface area contributed by atoms with Crippen molar-refractivity contribution in [3.05, 3.63) is 34.9 Å². The van der Waals surface area contributed by atoms with E-state index < -0.39 is 0 Å². The monoisotopic (exact) mass is 262 g/mol. The van der Waals surface area contributed by atoms with Crippen LogP contribution in [-0.4, -0.2) is 12.5 Å². The Morgan fingerprint density at radius 2 is 2.00 bits per heavy atom. The first-order valence-corrected chi connectivity index (χ1v) is 6.82. The summed E-state index contributed by atoms with van der Waals surface area (Å²) in [5.41, 5.74) is 8.47. The Morgan fingerprint density at radius 1 is 1.37 bits per heavy atom. The van der Waals surface area contributed by atoms with Crippen LogP contribution in [-0.2, 0) is 6.54 Å². The molecule has 1 atom stereocenters. The molecule has 1 amide bonds. The number of aryl methyl sites for hydroxylation is 1. The number of rotatable bonds is 5. The molecule has 0 radical (unpaired) electrons. The summed E-state index contributed by atoms with van der Waals surface area (Å²) in [6.45, 7) is 12.9. The second-order valence-corrected chi connectivity index (χ2v) is 6.40. The van der Waals surface area contributed by atoms with Gasteiger partial charge in [-0.3, -0.25) is 4.79 Å². The lowest BCUT2D eigenvalue weighted by atomic mass is 9.82. The topological polar surface area (TPSA) is 55.1 Å². The molecular formula is C16H26N2O. The zero-order chi connectivity index (χ0) is 14.6. The van der Waals surface area contributed by atoms with Crippen LogP contribution in [0.3, 0.4) is 0 Å². The van der Waals surface area contributed by atoms with E-state index in [-0.39, 0.29) is 5.91 Å². The number of nitrogens with one attached hydrogen (secondary N) is 1. The lowest BCUT2D eigenvalue weighted by Gasteiger charge is -2.27. The summed E-state index contributed by atoms with van der Waals surface area (Å²) in [5.74, 6) is 0.238. The van der Waals surface area contributed by atoms with Crippen LogP contribution < -0.4 is 11.1 Å². The number of primary amides is 1. The fourth-order valence-electron chi connectivity index (χ4n) is 1.78. The summed E-state index contributed by atoms with van der Waals surface area (Å²) >= 11 is 0. The predicted molar refractivity (Wildman–Crippen MR) is 80.0 cm³/mol. The van der Waals surface area contributed by atoms with Crippen molar-refractivity contribution >= 4 is 5.91 Å². The average Bonchev–Trinajstić information content (AvgIpc) is 2.29. The molecule has 1 aromatic carbocycles. The van der Waals surface area contributed by atoms with E-state index in [0.29, 0.717) is 16.9 Å². The van der Waals surface area contributed by atoms with Gasteiger partial charge in [0, 0.05) is 12.1 Å². The number of carbonyl (C=O) groups is 1. The van der Waals surface area contributed by atoms with Crippen LogP contribution in [0.2, 0.25) is 0 Å². The molecule has 0 bridgehead atoms. The first-order chi connectivity index (χ1) is 8.71. The van der Waals surface area contributed by atoms with Crippen molar-refractivity contribution in [3.8, 4) is 0 Å². The van der Waals surface area contributed by atoms with E-state index in [2.05, 4.69) is 33.0 Å². The zero-order valence-corrected chi connectivity index (χ0v) is 12.7. The van der Waals surface area contributed by atoms with Crippen molar-refractivity contribution in [2.75, 3.05) is 6.54 Å². The summed E-state index contributed by atoms with van der Waals surface area (Å²) in [6.07, 6.45) is 0. The molecule has 1 unspecified atom stereocenters. The zero-order valence-electron chi connectivity index (χ0n) is 12.7. The number of carbonyl (C=O) groups excluding carboxylic acids is 1. The minimum absolute atomic E-state index is 0.317. The van der Waals surface area contributed by atoms with Crippen molar-refractivity contribution < 1.29 is 4.79 Å². The first-order valence-electron chi connectivity index (χ1n) is 6.82. The molecule has 0 aliphatic rings. The van der Waals surface area contributed by atoms with Gasteiger partial charge in [-0.25, -0.2) is 0 Å². The molecular weight excluding hydrogens is 236 g/mol. The molecule has 0 aromatic heterocycles. The predicted octanol–water partition coefficient (Wildman–Crippen LogP) is 2.87. The SMILES string of the molecule is Cc1cc(C(N)=O)ccc1CNCC(C)C(C)(C)C. The van der Waals surface area contributed by atoms with E-state index in [1.54, 1.807) is 6.07 Å². The highest BCUT2D eigenvalue weighted by Crippen LogP contribution is 2.24. The Bertz CT molecular complexity index is 447. The number of hydrogen-bond acceptors (Lipinski definition) is 2. The first kappa shape index (κ1) is 15.7. The van der Waals surface area contributed by atoms with E-state index in [4.69, 9.17) is 5.73 Å². The van der Waals surface area contributed by atoms with E-state index in [0.717, 1.165) is 18.7 Å². The van der Waals surface area contributed by atoms with Crippen LogP contribution in [0.15, 0.2) is 18.2 Å². The van der Waals surface area contributed by atoms with Crippen molar-refractivity contribution in [1.82, 2.24) is 5.32 Å². The summed E-state index contributed by atoms with van der Waals surface area (Å²) in [6, 6.07) is 5.62. The van der Waals surface area contributed by atoms with Crippen molar-refractivity contribution in [1.29, 1.82) is 0 Å². The molecule has 0 aliphatic heterocycles. The van der Waals surface area contributed by atoms with Crippen molar-refractivity contribution in [2.24, 2.45) is 17.1 Å². The second kappa shape index (κ2) is 6.20. The van der Waals surface area contributed by atoms with Gasteiger partial charge in [0.2, 0.25) is 5.91 Å². The molecule has 19 heavy (non-hydrogen) atoms. The van der Waals surface area contributed by atoms with Crippen molar-refractivity contribution in [2.45, 2.75) is 41.2 Å². The van der Waals surface area contributed by atoms with E-state index in [1.807, 2.05) is 19.1 Å². The normalized spacial score (nSPS) is 13.3. The fraction of sp³-hybridized carbons (Fsp3) is 0.562. The molecule has 1 aromatic rings. The quantitative estimate of drug-likeness (QED) is 0.857. The molecule has 0 saturated carbocycles. The van der Waals surface area contributed by atoms with Gasteiger partial charge < -0.3 is 11.1 Å². The molecule has 3 heteroatoms. The number of nitrogens with two attached hydrogens (primary N) is 1. The highest BCUT2D eigenvalue weighted by atomic mass is 16.1. The molecule has 3 N–H and O–H groups in total. The van der Waals surface area contributed by atoms with Gasteiger partial charge in [0.25, 0.3) is 0 Å². The van der Waals surface area contributed by atoms with Gasteiger partial charge in [-0.2, -0.15) is 0 Å². The standard InChI is InChI=1S/C16H26N2O/c1-11-8-13(15(17)19)6-7-14(11)10-18-9-12(2)16(3,4)5/h6-8,12,18H,9-10H2,1-5H3,(H2,17,19). The largest absolute Gasteiger partial charge is 0.366 e. The van der Waals surface area contributed by atoms with Gasteiger partial charge in [0.15, 0.2) is 0 Å². The highest BCUT2D eigenvalue weighted by molar-refractivity contribution is 5.93. The minimum Gasteiger partial charge on any atom is -0.366 e. The third-order valence-electron chi connectivity index (χ3n) is 3.87. The molecule has 0 spiro atoms. The summed E-state index contributed by atoms with van der Waals surface area (Å²) in [4.78, 5) is 11.1. The molecule has 106 valence electrons. The highest BCUT2D eigenvalue weighted by Gasteiger charge is 2.19. The van der Waals surface area contributed by atoms with Gasteiger partial charge in [-0.05, 0) is 48.1 Å². The molecule has 0 heterocycles. The Hall–Kier alpha value is -1.35. The maximum Gasteiger partial charge on any atom is 0.248 e. The average molecular weight is 262 g/mol. The molecule has 3 nitrogen and oxygen atoms in total. The third kappa shape index (κ3) is 4.67. The van der Waals surface area contributed by atoms with Crippen LogP contribution in [0, 0.1) is 18.3 Å². The number of amides is 1. The maximum absolute atomic E-state index is 11.1. The third-order valence-corrected chi connectivity index (χ3v) is 3.87. The van der Waals surface area contributed by atoms with E-state index in [9.17, 15) is 4.79 Å². The number of benzene rings is 1. The Morgan fingerprint density at radius 3 is 2.47 bits per heavy atom. The Labute approximate surface area is 116 Å². The lowest BCUT2D eigenvalue weighted by Crippen LogP contribution is -2.29. The van der Waals surface area contributed by atoms with Crippen LogP contribution in [0.25, 0.3) is 0 Å². The molecule has 0 fully saturated rings. The summed E-state index contributed by atoms with van der Waals surface area (Å²) in [7, 11) is 0. The van der Waals surface area contributed by atoms with Crippen LogP contribution in [0.1, 0.15) is 49.2 Å². The van der Waals surface area contributed by atoms with E-state index in [1.165, 1.54) is 5.56 Å². The van der Waals surface area contributed by atoms with E-state index >= 15 is 0 Å². The van der Waals surface area contributed by atoms with Crippen molar-refractivity contribution in [3.63, 3.8) is 0 Å². The van der Waals surface area contributed by atoms with Gasteiger partial charge in [0.05, 0.1) is 0 Å². The molecule has 1 rings (SSSR count). The molecule has 0 saturated heterocycles. The Balaban J connectivity index is 2.57. The van der Waals surface area contributed by atoms with Gasteiger partial charge in [-0.15, -0.1) is 0 Å². The Kier molecular flexibility index (Phi) is 5.12. The summed E-state index contributed by atoms with van der Waals surface area (Å²) < 4.78 is 0. The molecule has 0 aliphatic carbocycles.